The van der Waals surface area contributed by atoms with Crippen molar-refractivity contribution in [2.45, 2.75) is 51.8 Å². The van der Waals surface area contributed by atoms with Gasteiger partial charge >= 0.3 is 0 Å². The third-order valence-corrected chi connectivity index (χ3v) is 4.37. The summed E-state index contributed by atoms with van der Waals surface area (Å²) < 4.78 is 23.7. The molecule has 2 aromatic rings. The van der Waals surface area contributed by atoms with Crippen molar-refractivity contribution in [1.29, 1.82) is 0 Å². The predicted molar refractivity (Wildman–Crippen MR) is 86.2 cm³/mol. The van der Waals surface area contributed by atoms with Crippen molar-refractivity contribution in [2.24, 2.45) is 0 Å². The summed E-state index contributed by atoms with van der Waals surface area (Å²) in [5.74, 6) is 0.406. The topological polar surface area (TPSA) is 55.6 Å². The van der Waals surface area contributed by atoms with Crippen molar-refractivity contribution in [3.05, 3.63) is 47.9 Å². The van der Waals surface area contributed by atoms with Crippen LogP contribution in [0.25, 0.3) is 0 Å². The Morgan fingerprint density at radius 1 is 1.29 bits per heavy atom. The number of aromatic nitrogens is 1. The van der Waals surface area contributed by atoms with E-state index in [-0.39, 0.29) is 30.4 Å². The average Bonchev–Trinajstić information content (AvgIpc) is 3.03. The molecule has 0 saturated carbocycles. The number of carbonyl (C=O) groups excluding carboxylic acids is 1. The van der Waals surface area contributed by atoms with Gasteiger partial charge in [0.1, 0.15) is 17.8 Å². The molecule has 0 N–H and O–H groups in total. The Morgan fingerprint density at radius 3 is 2.62 bits per heavy atom. The molecule has 0 unspecified atom stereocenters. The molecule has 128 valence electrons. The number of oxazole rings is 1. The molecule has 0 radical (unpaired) electrons. The molecule has 0 bridgehead atoms. The molecule has 0 spiro atoms. The lowest BCUT2D eigenvalue weighted by atomic mass is 9.97. The summed E-state index contributed by atoms with van der Waals surface area (Å²) in [5.41, 5.74) is 0.299. The molecule has 1 amide bonds. The van der Waals surface area contributed by atoms with Crippen molar-refractivity contribution in [3.8, 4) is 5.75 Å². The normalized spacial score (nSPS) is 20.9. The predicted octanol–water partition coefficient (Wildman–Crippen LogP) is 3.80. The lowest BCUT2D eigenvalue weighted by Gasteiger charge is -2.38. The second-order valence-corrected chi connectivity index (χ2v) is 6.21. The lowest BCUT2D eigenvalue weighted by Crippen LogP contribution is -2.47. The molecule has 1 fully saturated rings. The van der Waals surface area contributed by atoms with Gasteiger partial charge in [0.25, 0.3) is 5.91 Å². The van der Waals surface area contributed by atoms with Crippen LogP contribution in [0.5, 0.6) is 5.75 Å². The Kier molecular flexibility index (Phi) is 4.83. The summed E-state index contributed by atoms with van der Waals surface area (Å²) in [6, 6.07) is 6.11. The fraction of sp³-hybridized carbons (Fsp3) is 0.444. The van der Waals surface area contributed by atoms with Crippen LogP contribution in [0.2, 0.25) is 0 Å². The zero-order valence-corrected chi connectivity index (χ0v) is 13.9. The van der Waals surface area contributed by atoms with Crippen molar-refractivity contribution < 1.29 is 18.3 Å². The minimum absolute atomic E-state index is 0.0873. The van der Waals surface area contributed by atoms with Gasteiger partial charge in [0.2, 0.25) is 5.89 Å². The first-order valence-corrected chi connectivity index (χ1v) is 8.20. The van der Waals surface area contributed by atoms with E-state index < -0.39 is 0 Å². The lowest BCUT2D eigenvalue weighted by molar-refractivity contribution is 0.0504. The molecule has 1 aromatic carbocycles. The molecule has 1 saturated heterocycles. The first-order valence-electron chi connectivity index (χ1n) is 8.20. The molecule has 2 atom stereocenters. The number of benzene rings is 1. The molecule has 2 heterocycles. The fourth-order valence-corrected chi connectivity index (χ4v) is 3.11. The number of amides is 1. The zero-order valence-electron chi connectivity index (χ0n) is 13.9. The van der Waals surface area contributed by atoms with Crippen LogP contribution in [-0.2, 0) is 6.61 Å². The maximum absolute atomic E-state index is 12.9. The van der Waals surface area contributed by atoms with Crippen LogP contribution in [0.4, 0.5) is 4.39 Å². The number of halogens is 1. The Labute approximate surface area is 140 Å². The number of nitrogens with zero attached hydrogens (tertiary/aromatic N) is 2. The number of hydrogen-bond acceptors (Lipinski definition) is 4. The standard InChI is InChI=1S/C18H21FN2O3/c1-12-4-3-5-13(2)21(12)18(22)16-10-24-17(20-16)11-23-15-8-6-14(19)7-9-15/h6-10,12-13H,3-5,11H2,1-2H3/t12-,13+. The fourth-order valence-electron chi connectivity index (χ4n) is 3.11. The van der Waals surface area contributed by atoms with E-state index in [0.717, 1.165) is 19.3 Å². The van der Waals surface area contributed by atoms with E-state index in [1.165, 1.54) is 30.5 Å². The second-order valence-electron chi connectivity index (χ2n) is 6.21. The van der Waals surface area contributed by atoms with Gasteiger partial charge in [-0.2, -0.15) is 0 Å². The number of ether oxygens (including phenoxy) is 1. The third-order valence-electron chi connectivity index (χ3n) is 4.37. The SMILES string of the molecule is C[C@@H]1CCC[C@H](C)N1C(=O)c1coc(COc2ccc(F)cc2)n1. The average molecular weight is 332 g/mol. The minimum Gasteiger partial charge on any atom is -0.484 e. The molecular weight excluding hydrogens is 311 g/mol. The van der Waals surface area contributed by atoms with Gasteiger partial charge in [-0.3, -0.25) is 4.79 Å². The summed E-state index contributed by atoms with van der Waals surface area (Å²) in [6.45, 7) is 4.21. The highest BCUT2D eigenvalue weighted by Crippen LogP contribution is 2.24. The largest absolute Gasteiger partial charge is 0.484 e. The second kappa shape index (κ2) is 7.03. The quantitative estimate of drug-likeness (QED) is 0.854. The van der Waals surface area contributed by atoms with Crippen LogP contribution in [0.15, 0.2) is 34.9 Å². The van der Waals surface area contributed by atoms with Crippen LogP contribution in [0.3, 0.4) is 0 Å². The van der Waals surface area contributed by atoms with Gasteiger partial charge in [-0.25, -0.2) is 9.37 Å². The molecule has 3 rings (SSSR count). The van der Waals surface area contributed by atoms with E-state index in [9.17, 15) is 9.18 Å². The molecule has 5 nitrogen and oxygen atoms in total. The van der Waals surface area contributed by atoms with E-state index in [1.54, 1.807) is 0 Å². The maximum atomic E-state index is 12.9. The van der Waals surface area contributed by atoms with Crippen LogP contribution in [0, 0.1) is 5.82 Å². The molecule has 1 aliphatic rings. The van der Waals surface area contributed by atoms with Crippen molar-refractivity contribution in [2.75, 3.05) is 0 Å². The van der Waals surface area contributed by atoms with E-state index in [1.807, 2.05) is 4.90 Å². The van der Waals surface area contributed by atoms with Gasteiger partial charge in [0, 0.05) is 12.1 Å². The van der Waals surface area contributed by atoms with Gasteiger partial charge in [-0.1, -0.05) is 0 Å². The van der Waals surface area contributed by atoms with E-state index in [2.05, 4.69) is 18.8 Å². The molecular formula is C18H21FN2O3. The monoisotopic (exact) mass is 332 g/mol. The first kappa shape index (κ1) is 16.5. The van der Waals surface area contributed by atoms with Gasteiger partial charge in [-0.05, 0) is 57.4 Å². The van der Waals surface area contributed by atoms with Gasteiger partial charge in [-0.15, -0.1) is 0 Å². The molecule has 1 aliphatic heterocycles. The molecule has 24 heavy (non-hydrogen) atoms. The Hall–Kier alpha value is -2.37. The van der Waals surface area contributed by atoms with Crippen LogP contribution in [-0.4, -0.2) is 27.9 Å². The Bertz CT molecular complexity index is 689. The number of likely N-dealkylation sites (tertiary alicyclic amines) is 1. The number of carbonyl (C=O) groups is 1. The first-order chi connectivity index (χ1) is 11.5. The van der Waals surface area contributed by atoms with Gasteiger partial charge in [0.05, 0.1) is 0 Å². The zero-order chi connectivity index (χ0) is 17.1. The van der Waals surface area contributed by atoms with Gasteiger partial charge < -0.3 is 14.1 Å². The van der Waals surface area contributed by atoms with E-state index in [0.29, 0.717) is 17.3 Å². The summed E-state index contributed by atoms with van der Waals surface area (Å²) in [5, 5.41) is 0. The van der Waals surface area contributed by atoms with Gasteiger partial charge in [0.15, 0.2) is 12.3 Å². The highest BCUT2D eigenvalue weighted by atomic mass is 19.1. The minimum atomic E-state index is -0.323. The van der Waals surface area contributed by atoms with Crippen molar-refractivity contribution in [1.82, 2.24) is 9.88 Å². The summed E-state index contributed by atoms with van der Waals surface area (Å²) in [4.78, 5) is 18.8. The molecule has 1 aromatic heterocycles. The van der Waals surface area contributed by atoms with Crippen molar-refractivity contribution >= 4 is 5.91 Å². The Balaban J connectivity index is 1.64. The maximum Gasteiger partial charge on any atom is 0.276 e. The van der Waals surface area contributed by atoms with Crippen molar-refractivity contribution in [3.63, 3.8) is 0 Å². The van der Waals surface area contributed by atoms with Crippen LogP contribution in [0.1, 0.15) is 49.5 Å². The number of rotatable bonds is 4. The number of piperidine rings is 1. The smallest absolute Gasteiger partial charge is 0.276 e. The number of hydrogen-bond donors (Lipinski definition) is 0. The molecule has 6 heteroatoms. The highest BCUT2D eigenvalue weighted by Gasteiger charge is 2.31. The third kappa shape index (κ3) is 3.58. The molecule has 0 aliphatic carbocycles. The Morgan fingerprint density at radius 2 is 1.96 bits per heavy atom. The summed E-state index contributed by atoms with van der Waals surface area (Å²) in [7, 11) is 0. The van der Waals surface area contributed by atoms with Crippen LogP contribution < -0.4 is 4.74 Å². The van der Waals surface area contributed by atoms with Crippen LogP contribution >= 0.6 is 0 Å². The summed E-state index contributed by atoms with van der Waals surface area (Å²) >= 11 is 0. The highest BCUT2D eigenvalue weighted by molar-refractivity contribution is 5.92. The van der Waals surface area contributed by atoms with E-state index in [4.69, 9.17) is 9.15 Å². The summed E-state index contributed by atoms with van der Waals surface area (Å²) in [6.07, 6.45) is 4.53. The van der Waals surface area contributed by atoms with E-state index >= 15 is 0 Å².